The molecule has 1 aromatic rings. The summed E-state index contributed by atoms with van der Waals surface area (Å²) in [6, 6.07) is 2.54. The Morgan fingerprint density at radius 3 is 2.68 bits per heavy atom. The Labute approximate surface area is 110 Å². The van der Waals surface area contributed by atoms with Crippen LogP contribution >= 0.6 is 0 Å². The van der Waals surface area contributed by atoms with Gasteiger partial charge in [-0.05, 0) is 24.1 Å². The van der Waals surface area contributed by atoms with Crippen LogP contribution in [0, 0.1) is 12.7 Å². The average Bonchev–Trinajstić information content (AvgIpc) is 2.30. The number of hydrogen-bond donors (Lipinski definition) is 2. The molecule has 19 heavy (non-hydrogen) atoms. The average molecular weight is 287 g/mol. The zero-order chi connectivity index (χ0) is 14.2. The monoisotopic (exact) mass is 287 g/mol. The Hall–Kier alpha value is -1.47. The first-order chi connectivity index (χ1) is 8.78. The van der Waals surface area contributed by atoms with Gasteiger partial charge in [0.15, 0.2) is 9.84 Å². The molecule has 0 radical (unpaired) electrons. The first-order valence-corrected chi connectivity index (χ1v) is 7.56. The molecule has 104 valence electrons. The topological polar surface area (TPSA) is 83.5 Å². The van der Waals surface area contributed by atoms with E-state index in [0.717, 1.165) is 0 Å². The van der Waals surface area contributed by atoms with Crippen LogP contribution < -0.4 is 5.32 Å². The summed E-state index contributed by atoms with van der Waals surface area (Å²) in [7, 11) is -3.46. The number of carbonyl (C=O) groups is 1. The molecule has 7 heteroatoms. The third-order valence-corrected chi connectivity index (χ3v) is 4.82. The van der Waals surface area contributed by atoms with Crippen LogP contribution in [0.4, 0.5) is 4.39 Å². The van der Waals surface area contributed by atoms with E-state index in [1.807, 2.05) is 0 Å². The molecule has 1 aliphatic heterocycles. The number of carboxylic acids is 1. The predicted octanol–water partition coefficient (Wildman–Crippen LogP) is 0.646. The summed E-state index contributed by atoms with van der Waals surface area (Å²) in [5.74, 6) is -2.32. The lowest BCUT2D eigenvalue weighted by atomic mass is 10.0. The van der Waals surface area contributed by atoms with Crippen molar-refractivity contribution in [3.63, 3.8) is 0 Å². The van der Waals surface area contributed by atoms with Gasteiger partial charge in [-0.15, -0.1) is 0 Å². The van der Waals surface area contributed by atoms with Crippen LogP contribution in [0.3, 0.4) is 0 Å². The van der Waals surface area contributed by atoms with Crippen molar-refractivity contribution in [3.8, 4) is 0 Å². The standard InChI is InChI=1S/C12H14FNO4S/c1-7-2-3-8(4-9(7)13)10-5-19(17,18)6-11(14-10)12(15)16/h2-4,10-11,14H,5-6H2,1H3,(H,15,16). The maximum Gasteiger partial charge on any atom is 0.321 e. The fourth-order valence-electron chi connectivity index (χ4n) is 2.08. The zero-order valence-electron chi connectivity index (χ0n) is 10.3. The number of aliphatic carboxylic acids is 1. The fraction of sp³-hybridized carbons (Fsp3) is 0.417. The van der Waals surface area contributed by atoms with E-state index in [4.69, 9.17) is 5.11 Å². The van der Waals surface area contributed by atoms with Gasteiger partial charge in [-0.1, -0.05) is 12.1 Å². The number of aryl methyl sites for hydroxylation is 1. The Bertz CT molecular complexity index is 614. The van der Waals surface area contributed by atoms with E-state index in [9.17, 15) is 17.6 Å². The van der Waals surface area contributed by atoms with E-state index in [2.05, 4.69) is 5.32 Å². The van der Waals surface area contributed by atoms with E-state index >= 15 is 0 Å². The maximum atomic E-state index is 13.5. The van der Waals surface area contributed by atoms with Crippen LogP contribution in [-0.4, -0.2) is 37.0 Å². The SMILES string of the molecule is Cc1ccc(C2CS(=O)(=O)CC(C(=O)O)N2)cc1F. The summed E-state index contributed by atoms with van der Waals surface area (Å²) >= 11 is 0. The van der Waals surface area contributed by atoms with Crippen molar-refractivity contribution < 1.29 is 22.7 Å². The fourth-order valence-corrected chi connectivity index (χ4v) is 3.76. The largest absolute Gasteiger partial charge is 0.480 e. The van der Waals surface area contributed by atoms with Crippen LogP contribution in [0.25, 0.3) is 0 Å². The molecule has 1 aromatic carbocycles. The molecule has 0 bridgehead atoms. The quantitative estimate of drug-likeness (QED) is 0.834. The summed E-state index contributed by atoms with van der Waals surface area (Å²) in [6.45, 7) is 1.60. The van der Waals surface area contributed by atoms with Crippen molar-refractivity contribution >= 4 is 15.8 Å². The molecule has 2 rings (SSSR count). The molecule has 1 aliphatic rings. The highest BCUT2D eigenvalue weighted by Crippen LogP contribution is 2.23. The molecule has 1 fully saturated rings. The van der Waals surface area contributed by atoms with Gasteiger partial charge < -0.3 is 5.11 Å². The van der Waals surface area contributed by atoms with Gasteiger partial charge >= 0.3 is 5.97 Å². The van der Waals surface area contributed by atoms with Crippen molar-refractivity contribution in [1.82, 2.24) is 5.32 Å². The molecule has 0 aromatic heterocycles. The van der Waals surface area contributed by atoms with Gasteiger partial charge in [0, 0.05) is 6.04 Å². The molecule has 2 unspecified atom stereocenters. The van der Waals surface area contributed by atoms with Crippen molar-refractivity contribution in [3.05, 3.63) is 35.1 Å². The van der Waals surface area contributed by atoms with E-state index < -0.39 is 39.5 Å². The van der Waals surface area contributed by atoms with Crippen LogP contribution in [0.5, 0.6) is 0 Å². The van der Waals surface area contributed by atoms with E-state index in [-0.39, 0.29) is 5.75 Å². The highest BCUT2D eigenvalue weighted by Gasteiger charge is 2.35. The molecule has 0 aliphatic carbocycles. The van der Waals surface area contributed by atoms with E-state index in [0.29, 0.717) is 11.1 Å². The van der Waals surface area contributed by atoms with Gasteiger partial charge in [-0.3, -0.25) is 10.1 Å². The minimum absolute atomic E-state index is 0.223. The van der Waals surface area contributed by atoms with Crippen LogP contribution in [0.15, 0.2) is 18.2 Å². The lowest BCUT2D eigenvalue weighted by molar-refractivity contribution is -0.139. The summed E-state index contributed by atoms with van der Waals surface area (Å²) in [6.07, 6.45) is 0. The molecule has 1 heterocycles. The maximum absolute atomic E-state index is 13.5. The van der Waals surface area contributed by atoms with Gasteiger partial charge in [0.05, 0.1) is 11.5 Å². The van der Waals surface area contributed by atoms with Crippen LogP contribution in [0.1, 0.15) is 17.2 Å². The number of halogens is 1. The van der Waals surface area contributed by atoms with Gasteiger partial charge in [0.25, 0.3) is 0 Å². The zero-order valence-corrected chi connectivity index (χ0v) is 11.1. The first kappa shape index (κ1) is 14.0. The Balaban J connectivity index is 2.33. The van der Waals surface area contributed by atoms with Crippen molar-refractivity contribution in [2.45, 2.75) is 19.0 Å². The van der Waals surface area contributed by atoms with Crippen molar-refractivity contribution in [1.29, 1.82) is 0 Å². The Morgan fingerprint density at radius 2 is 2.11 bits per heavy atom. The molecule has 5 nitrogen and oxygen atoms in total. The van der Waals surface area contributed by atoms with Gasteiger partial charge in [-0.2, -0.15) is 0 Å². The van der Waals surface area contributed by atoms with Crippen molar-refractivity contribution in [2.24, 2.45) is 0 Å². The van der Waals surface area contributed by atoms with Crippen LogP contribution in [-0.2, 0) is 14.6 Å². The van der Waals surface area contributed by atoms with Gasteiger partial charge in [-0.25, -0.2) is 12.8 Å². The lowest BCUT2D eigenvalue weighted by Crippen LogP contribution is -2.51. The molecule has 0 saturated carbocycles. The molecular formula is C12H14FNO4S. The molecule has 0 amide bonds. The number of rotatable bonds is 2. The molecule has 1 saturated heterocycles. The highest BCUT2D eigenvalue weighted by atomic mass is 32.2. The molecular weight excluding hydrogens is 273 g/mol. The first-order valence-electron chi connectivity index (χ1n) is 5.74. The molecule has 0 spiro atoms. The second-order valence-electron chi connectivity index (χ2n) is 4.70. The van der Waals surface area contributed by atoms with Gasteiger partial charge in [0.1, 0.15) is 11.9 Å². The number of sulfone groups is 1. The van der Waals surface area contributed by atoms with E-state index in [1.165, 1.54) is 6.07 Å². The molecule has 2 atom stereocenters. The van der Waals surface area contributed by atoms with Crippen LogP contribution in [0.2, 0.25) is 0 Å². The normalized spacial score (nSPS) is 26.0. The molecule has 2 N–H and O–H groups in total. The highest BCUT2D eigenvalue weighted by molar-refractivity contribution is 7.91. The Morgan fingerprint density at radius 1 is 1.42 bits per heavy atom. The second-order valence-corrected chi connectivity index (χ2v) is 6.85. The van der Waals surface area contributed by atoms with E-state index in [1.54, 1.807) is 19.1 Å². The minimum atomic E-state index is -3.46. The second kappa shape index (κ2) is 4.90. The minimum Gasteiger partial charge on any atom is -0.480 e. The Kier molecular flexibility index (Phi) is 3.60. The summed E-state index contributed by atoms with van der Waals surface area (Å²) in [5, 5.41) is 11.7. The van der Waals surface area contributed by atoms with Crippen molar-refractivity contribution in [2.75, 3.05) is 11.5 Å². The predicted molar refractivity (Wildman–Crippen MR) is 67.1 cm³/mol. The summed E-state index contributed by atoms with van der Waals surface area (Å²) < 4.78 is 36.9. The van der Waals surface area contributed by atoms with Gasteiger partial charge in [0.2, 0.25) is 0 Å². The number of nitrogens with one attached hydrogen (secondary N) is 1. The third kappa shape index (κ3) is 3.10. The number of hydrogen-bond acceptors (Lipinski definition) is 4. The third-order valence-electron chi connectivity index (χ3n) is 3.14. The summed E-state index contributed by atoms with van der Waals surface area (Å²) in [5.41, 5.74) is 0.898. The number of benzene rings is 1. The summed E-state index contributed by atoms with van der Waals surface area (Å²) in [4.78, 5) is 10.9. The smallest absolute Gasteiger partial charge is 0.321 e. The number of carboxylic acid groups (broad SMARTS) is 1. The lowest BCUT2D eigenvalue weighted by Gasteiger charge is -2.29.